The Labute approximate surface area is 116 Å². The van der Waals surface area contributed by atoms with Gasteiger partial charge < -0.3 is 15.2 Å². The quantitative estimate of drug-likeness (QED) is 0.718. The van der Waals surface area contributed by atoms with Gasteiger partial charge in [0, 0.05) is 17.9 Å². The van der Waals surface area contributed by atoms with E-state index in [0.29, 0.717) is 26.0 Å². The SMILES string of the molecule is CC(C)OCCCC(=O)NCc1ccc(C(=O)O)s1. The number of carbonyl (C=O) groups excluding carboxylic acids is 1. The van der Waals surface area contributed by atoms with Gasteiger partial charge in [-0.25, -0.2) is 4.79 Å². The maximum atomic E-state index is 11.5. The van der Waals surface area contributed by atoms with Gasteiger partial charge >= 0.3 is 5.97 Å². The average Bonchev–Trinajstić information content (AvgIpc) is 2.81. The molecule has 0 aromatic carbocycles. The number of rotatable bonds is 8. The summed E-state index contributed by atoms with van der Waals surface area (Å²) in [4.78, 5) is 23.3. The van der Waals surface area contributed by atoms with Crippen molar-refractivity contribution in [2.75, 3.05) is 6.61 Å². The molecule has 1 heterocycles. The predicted molar refractivity (Wildman–Crippen MR) is 73.4 cm³/mol. The van der Waals surface area contributed by atoms with Crippen LogP contribution in [0.3, 0.4) is 0 Å². The zero-order valence-corrected chi connectivity index (χ0v) is 12.0. The normalized spacial score (nSPS) is 10.7. The molecule has 6 heteroatoms. The monoisotopic (exact) mass is 285 g/mol. The molecule has 0 aliphatic heterocycles. The lowest BCUT2D eigenvalue weighted by Gasteiger charge is -2.07. The van der Waals surface area contributed by atoms with E-state index in [2.05, 4.69) is 5.32 Å². The number of carbonyl (C=O) groups is 2. The third-order valence-electron chi connectivity index (χ3n) is 2.33. The van der Waals surface area contributed by atoms with Crippen LogP contribution in [0.1, 0.15) is 41.2 Å². The minimum absolute atomic E-state index is 0.0439. The van der Waals surface area contributed by atoms with Gasteiger partial charge in [-0.15, -0.1) is 11.3 Å². The molecule has 0 aliphatic carbocycles. The summed E-state index contributed by atoms with van der Waals surface area (Å²) in [5.74, 6) is -0.981. The van der Waals surface area contributed by atoms with E-state index in [9.17, 15) is 9.59 Å². The molecule has 0 unspecified atom stereocenters. The number of nitrogens with one attached hydrogen (secondary N) is 1. The zero-order chi connectivity index (χ0) is 14.3. The molecule has 1 aromatic rings. The van der Waals surface area contributed by atoms with Gasteiger partial charge in [0.1, 0.15) is 4.88 Å². The number of hydrogen-bond acceptors (Lipinski definition) is 4. The second-order valence-electron chi connectivity index (χ2n) is 4.37. The number of carboxylic acids is 1. The van der Waals surface area contributed by atoms with E-state index in [1.165, 1.54) is 11.3 Å². The number of thiophene rings is 1. The van der Waals surface area contributed by atoms with Crippen LogP contribution in [-0.4, -0.2) is 29.7 Å². The van der Waals surface area contributed by atoms with Crippen molar-refractivity contribution in [3.05, 3.63) is 21.9 Å². The molecule has 1 aromatic heterocycles. The number of hydrogen-bond donors (Lipinski definition) is 2. The Kier molecular flexibility index (Phi) is 6.52. The first-order valence-electron chi connectivity index (χ1n) is 6.19. The summed E-state index contributed by atoms with van der Waals surface area (Å²) in [5.41, 5.74) is 0. The average molecular weight is 285 g/mol. The van der Waals surface area contributed by atoms with Crippen LogP contribution >= 0.6 is 11.3 Å². The first kappa shape index (κ1) is 15.7. The van der Waals surface area contributed by atoms with E-state index >= 15 is 0 Å². The molecule has 1 rings (SSSR count). The third kappa shape index (κ3) is 6.35. The highest BCUT2D eigenvalue weighted by Crippen LogP contribution is 2.16. The fourth-order valence-corrected chi connectivity index (χ4v) is 2.20. The fraction of sp³-hybridized carbons (Fsp3) is 0.538. The number of amides is 1. The Morgan fingerprint density at radius 1 is 1.42 bits per heavy atom. The maximum absolute atomic E-state index is 11.5. The Balaban J connectivity index is 2.20. The molecule has 0 saturated carbocycles. The first-order valence-corrected chi connectivity index (χ1v) is 7.01. The highest BCUT2D eigenvalue weighted by Gasteiger charge is 2.08. The lowest BCUT2D eigenvalue weighted by Crippen LogP contribution is -2.22. The standard InChI is InChI=1S/C13H19NO4S/c1-9(2)18-7-3-4-12(15)14-8-10-5-6-11(19-10)13(16)17/h5-6,9H,3-4,7-8H2,1-2H3,(H,14,15)(H,16,17). The molecule has 19 heavy (non-hydrogen) atoms. The van der Waals surface area contributed by atoms with Crippen molar-refractivity contribution in [3.63, 3.8) is 0 Å². The van der Waals surface area contributed by atoms with Gasteiger partial charge in [0.2, 0.25) is 5.91 Å². The molecular formula is C13H19NO4S. The lowest BCUT2D eigenvalue weighted by atomic mass is 10.3. The van der Waals surface area contributed by atoms with Crippen molar-refractivity contribution in [3.8, 4) is 0 Å². The molecule has 106 valence electrons. The van der Waals surface area contributed by atoms with E-state index in [1.807, 2.05) is 13.8 Å². The minimum Gasteiger partial charge on any atom is -0.477 e. The molecule has 1 amide bonds. The molecular weight excluding hydrogens is 266 g/mol. The molecule has 0 radical (unpaired) electrons. The summed E-state index contributed by atoms with van der Waals surface area (Å²) in [6.07, 6.45) is 1.29. The van der Waals surface area contributed by atoms with Crippen molar-refractivity contribution in [2.24, 2.45) is 0 Å². The molecule has 0 saturated heterocycles. The second kappa shape index (κ2) is 7.91. The molecule has 0 atom stereocenters. The van der Waals surface area contributed by atoms with Crippen LogP contribution in [0.2, 0.25) is 0 Å². The molecule has 5 nitrogen and oxygen atoms in total. The molecule has 0 aliphatic rings. The summed E-state index contributed by atoms with van der Waals surface area (Å²) in [7, 11) is 0. The summed E-state index contributed by atoms with van der Waals surface area (Å²) in [6.45, 7) is 4.86. The maximum Gasteiger partial charge on any atom is 0.345 e. The van der Waals surface area contributed by atoms with E-state index in [0.717, 1.165) is 4.88 Å². The van der Waals surface area contributed by atoms with E-state index in [1.54, 1.807) is 12.1 Å². The van der Waals surface area contributed by atoms with Crippen LogP contribution < -0.4 is 5.32 Å². The van der Waals surface area contributed by atoms with Gasteiger partial charge in [-0.05, 0) is 32.4 Å². The summed E-state index contributed by atoms with van der Waals surface area (Å²) in [5, 5.41) is 11.5. The highest BCUT2D eigenvalue weighted by molar-refractivity contribution is 7.13. The Hall–Kier alpha value is -1.40. The Morgan fingerprint density at radius 2 is 2.16 bits per heavy atom. The van der Waals surface area contributed by atoms with Crippen LogP contribution in [0.25, 0.3) is 0 Å². The minimum atomic E-state index is -0.937. The summed E-state index contributed by atoms with van der Waals surface area (Å²) in [6, 6.07) is 3.27. The van der Waals surface area contributed by atoms with Gasteiger partial charge in [0.05, 0.1) is 12.6 Å². The number of ether oxygens (including phenoxy) is 1. The van der Waals surface area contributed by atoms with E-state index < -0.39 is 5.97 Å². The fourth-order valence-electron chi connectivity index (χ4n) is 1.41. The number of aromatic carboxylic acids is 1. The molecule has 2 N–H and O–H groups in total. The van der Waals surface area contributed by atoms with Crippen molar-refractivity contribution in [2.45, 2.75) is 39.3 Å². The Morgan fingerprint density at radius 3 is 2.74 bits per heavy atom. The largest absolute Gasteiger partial charge is 0.477 e. The van der Waals surface area contributed by atoms with Gasteiger partial charge in [0.25, 0.3) is 0 Å². The van der Waals surface area contributed by atoms with Gasteiger partial charge in [-0.1, -0.05) is 0 Å². The summed E-state index contributed by atoms with van der Waals surface area (Å²) < 4.78 is 5.34. The predicted octanol–water partition coefficient (Wildman–Crippen LogP) is 2.27. The lowest BCUT2D eigenvalue weighted by molar-refractivity contribution is -0.121. The summed E-state index contributed by atoms with van der Waals surface area (Å²) >= 11 is 1.18. The van der Waals surface area contributed by atoms with Crippen molar-refractivity contribution in [1.29, 1.82) is 0 Å². The van der Waals surface area contributed by atoms with Gasteiger partial charge in [0.15, 0.2) is 0 Å². The van der Waals surface area contributed by atoms with Crippen LogP contribution in [-0.2, 0) is 16.1 Å². The molecule has 0 spiro atoms. The van der Waals surface area contributed by atoms with Crippen molar-refractivity contribution < 1.29 is 19.4 Å². The first-order chi connectivity index (χ1) is 8.99. The third-order valence-corrected chi connectivity index (χ3v) is 3.40. The Bertz CT molecular complexity index is 428. The van der Waals surface area contributed by atoms with E-state index in [-0.39, 0.29) is 16.9 Å². The molecule has 0 fully saturated rings. The van der Waals surface area contributed by atoms with Crippen LogP contribution in [0, 0.1) is 0 Å². The van der Waals surface area contributed by atoms with Gasteiger partial charge in [-0.3, -0.25) is 4.79 Å². The topological polar surface area (TPSA) is 75.6 Å². The zero-order valence-electron chi connectivity index (χ0n) is 11.1. The van der Waals surface area contributed by atoms with E-state index in [4.69, 9.17) is 9.84 Å². The van der Waals surface area contributed by atoms with Crippen molar-refractivity contribution >= 4 is 23.2 Å². The van der Waals surface area contributed by atoms with Crippen LogP contribution in [0.15, 0.2) is 12.1 Å². The smallest absolute Gasteiger partial charge is 0.345 e. The highest BCUT2D eigenvalue weighted by atomic mass is 32.1. The second-order valence-corrected chi connectivity index (χ2v) is 5.54. The van der Waals surface area contributed by atoms with Crippen molar-refractivity contribution in [1.82, 2.24) is 5.32 Å². The van der Waals surface area contributed by atoms with Crippen LogP contribution in [0.5, 0.6) is 0 Å². The molecule has 0 bridgehead atoms. The van der Waals surface area contributed by atoms with Crippen LogP contribution in [0.4, 0.5) is 0 Å². The number of carboxylic acid groups (broad SMARTS) is 1. The van der Waals surface area contributed by atoms with Gasteiger partial charge in [-0.2, -0.15) is 0 Å².